The normalized spacial score (nSPS) is 14.5. The minimum Gasteiger partial charge on any atom is -0.369 e. The Hall–Kier alpha value is -2.76. The fourth-order valence-corrected chi connectivity index (χ4v) is 4.20. The highest BCUT2D eigenvalue weighted by molar-refractivity contribution is 6.31. The van der Waals surface area contributed by atoms with Gasteiger partial charge in [-0.25, -0.2) is 9.97 Å². The van der Waals surface area contributed by atoms with E-state index in [4.69, 9.17) is 16.6 Å². The summed E-state index contributed by atoms with van der Waals surface area (Å²) in [5.41, 5.74) is 4.87. The molecule has 0 spiro atoms. The third-order valence-corrected chi connectivity index (χ3v) is 6.35. The Bertz CT molecular complexity index is 1080. The molecule has 2 aromatic carbocycles. The predicted molar refractivity (Wildman–Crippen MR) is 130 cm³/mol. The Morgan fingerprint density at radius 2 is 1.72 bits per heavy atom. The molecule has 0 unspecified atom stereocenters. The van der Waals surface area contributed by atoms with E-state index in [1.807, 2.05) is 31.2 Å². The van der Waals surface area contributed by atoms with Gasteiger partial charge in [-0.3, -0.25) is 4.79 Å². The SMILES string of the molecule is CCC(=O)c1ccccc1Cc1nc(Cc2ccc(N3CCN(C)CC3)cc2)ncc1Cl. The molecule has 0 N–H and O–H groups in total. The van der Waals surface area contributed by atoms with Gasteiger partial charge in [0.2, 0.25) is 0 Å². The molecule has 0 bridgehead atoms. The smallest absolute Gasteiger partial charge is 0.162 e. The first kappa shape index (κ1) is 22.4. The topological polar surface area (TPSA) is 49.3 Å². The summed E-state index contributed by atoms with van der Waals surface area (Å²) >= 11 is 6.41. The van der Waals surface area contributed by atoms with Crippen molar-refractivity contribution in [1.82, 2.24) is 14.9 Å². The van der Waals surface area contributed by atoms with Crippen LogP contribution in [-0.4, -0.2) is 53.9 Å². The standard InChI is InChI=1S/C26H29ClN4O/c1-3-25(32)22-7-5-4-6-20(22)17-24-23(27)18-28-26(29-24)16-19-8-10-21(11-9-19)31-14-12-30(2)13-15-31/h4-11,18H,3,12-17H2,1-2H3. The van der Waals surface area contributed by atoms with Gasteiger partial charge in [0.1, 0.15) is 5.82 Å². The first-order valence-corrected chi connectivity index (χ1v) is 11.5. The van der Waals surface area contributed by atoms with Crippen molar-refractivity contribution in [2.45, 2.75) is 26.2 Å². The van der Waals surface area contributed by atoms with Gasteiger partial charge in [0.05, 0.1) is 10.7 Å². The van der Waals surface area contributed by atoms with Gasteiger partial charge in [0, 0.05) is 62.9 Å². The molecule has 1 fully saturated rings. The number of ketones is 1. The number of nitrogens with zero attached hydrogens (tertiary/aromatic N) is 4. The lowest BCUT2D eigenvalue weighted by Gasteiger charge is -2.34. The van der Waals surface area contributed by atoms with Gasteiger partial charge < -0.3 is 9.80 Å². The number of likely N-dealkylation sites (N-methyl/N-ethyl adjacent to an activating group) is 1. The Kier molecular flexibility index (Phi) is 7.18. The molecule has 0 radical (unpaired) electrons. The van der Waals surface area contributed by atoms with Gasteiger partial charge in [0.25, 0.3) is 0 Å². The van der Waals surface area contributed by atoms with Crippen LogP contribution in [0.2, 0.25) is 5.02 Å². The van der Waals surface area contributed by atoms with Crippen LogP contribution in [0, 0.1) is 0 Å². The van der Waals surface area contributed by atoms with Crippen molar-refractivity contribution >= 4 is 23.1 Å². The fourth-order valence-electron chi connectivity index (χ4n) is 4.04. The zero-order valence-corrected chi connectivity index (χ0v) is 19.5. The highest BCUT2D eigenvalue weighted by Crippen LogP contribution is 2.22. The molecule has 3 aromatic rings. The van der Waals surface area contributed by atoms with Crippen LogP contribution in [0.4, 0.5) is 5.69 Å². The van der Waals surface area contributed by atoms with E-state index < -0.39 is 0 Å². The summed E-state index contributed by atoms with van der Waals surface area (Å²) in [4.78, 5) is 26.3. The van der Waals surface area contributed by atoms with Crippen molar-refractivity contribution in [2.75, 3.05) is 38.1 Å². The predicted octanol–water partition coefficient (Wildman–Crippen LogP) is 4.66. The largest absolute Gasteiger partial charge is 0.369 e. The molecule has 0 aliphatic carbocycles. The molecule has 5 nitrogen and oxygen atoms in total. The molecule has 166 valence electrons. The summed E-state index contributed by atoms with van der Waals surface area (Å²) in [6.07, 6.45) is 3.30. The first-order valence-electron chi connectivity index (χ1n) is 11.2. The molecule has 6 heteroatoms. The summed E-state index contributed by atoms with van der Waals surface area (Å²) < 4.78 is 0. The second-order valence-corrected chi connectivity index (χ2v) is 8.73. The van der Waals surface area contributed by atoms with Gasteiger partial charge in [-0.2, -0.15) is 0 Å². The summed E-state index contributed by atoms with van der Waals surface area (Å²) in [6, 6.07) is 16.4. The molecule has 0 saturated carbocycles. The van der Waals surface area contributed by atoms with E-state index in [9.17, 15) is 4.79 Å². The molecule has 0 atom stereocenters. The van der Waals surface area contributed by atoms with E-state index >= 15 is 0 Å². The number of Topliss-reactive ketones (excluding diaryl/α,β-unsaturated/α-hetero) is 1. The van der Waals surface area contributed by atoms with Crippen LogP contribution in [0.3, 0.4) is 0 Å². The van der Waals surface area contributed by atoms with Gasteiger partial charge in [-0.05, 0) is 30.3 Å². The van der Waals surface area contributed by atoms with E-state index in [0.717, 1.165) is 54.4 Å². The van der Waals surface area contributed by atoms with Crippen LogP contribution in [0.15, 0.2) is 54.7 Å². The van der Waals surface area contributed by atoms with Crippen molar-refractivity contribution in [2.24, 2.45) is 0 Å². The first-order chi connectivity index (χ1) is 15.5. The van der Waals surface area contributed by atoms with Crippen molar-refractivity contribution in [3.05, 3.63) is 88.0 Å². The van der Waals surface area contributed by atoms with E-state index in [-0.39, 0.29) is 5.78 Å². The van der Waals surface area contributed by atoms with Crippen LogP contribution < -0.4 is 4.90 Å². The van der Waals surface area contributed by atoms with Crippen LogP contribution in [0.1, 0.15) is 46.3 Å². The minimum atomic E-state index is 0.131. The second kappa shape index (κ2) is 10.2. The minimum absolute atomic E-state index is 0.131. The summed E-state index contributed by atoms with van der Waals surface area (Å²) in [6.45, 7) is 6.18. The Labute approximate surface area is 195 Å². The van der Waals surface area contributed by atoms with E-state index in [1.165, 1.54) is 5.69 Å². The fraction of sp³-hybridized carbons (Fsp3) is 0.346. The average Bonchev–Trinajstić information content (AvgIpc) is 2.82. The Balaban J connectivity index is 1.48. The van der Waals surface area contributed by atoms with Crippen LogP contribution in [0.5, 0.6) is 0 Å². The molecule has 4 rings (SSSR count). The number of halogens is 1. The molecule has 32 heavy (non-hydrogen) atoms. The van der Waals surface area contributed by atoms with Gasteiger partial charge in [0.15, 0.2) is 5.78 Å². The molecule has 1 aliphatic rings. The van der Waals surface area contributed by atoms with Crippen molar-refractivity contribution < 1.29 is 4.79 Å². The van der Waals surface area contributed by atoms with Crippen molar-refractivity contribution in [1.29, 1.82) is 0 Å². The molecule has 0 amide bonds. The van der Waals surface area contributed by atoms with Gasteiger partial charge in [-0.1, -0.05) is 54.9 Å². The third-order valence-electron chi connectivity index (χ3n) is 6.03. The second-order valence-electron chi connectivity index (χ2n) is 8.33. The Morgan fingerprint density at radius 3 is 2.44 bits per heavy atom. The lowest BCUT2D eigenvalue weighted by Crippen LogP contribution is -2.44. The maximum Gasteiger partial charge on any atom is 0.162 e. The van der Waals surface area contributed by atoms with Crippen molar-refractivity contribution in [3.8, 4) is 0 Å². The quantitative estimate of drug-likeness (QED) is 0.492. The van der Waals surface area contributed by atoms with E-state index in [0.29, 0.717) is 24.3 Å². The number of hydrogen-bond donors (Lipinski definition) is 0. The highest BCUT2D eigenvalue weighted by Gasteiger charge is 2.15. The average molecular weight is 449 g/mol. The molecule has 1 aromatic heterocycles. The maximum absolute atomic E-state index is 12.3. The Morgan fingerprint density at radius 1 is 1.00 bits per heavy atom. The molecule has 1 saturated heterocycles. The van der Waals surface area contributed by atoms with Crippen molar-refractivity contribution in [3.63, 3.8) is 0 Å². The molecular formula is C26H29ClN4O. The number of anilines is 1. The third kappa shape index (κ3) is 5.34. The zero-order valence-electron chi connectivity index (χ0n) is 18.7. The number of piperazine rings is 1. The maximum atomic E-state index is 12.3. The zero-order chi connectivity index (χ0) is 22.5. The lowest BCUT2D eigenvalue weighted by atomic mass is 9.98. The molecular weight excluding hydrogens is 420 g/mol. The summed E-state index contributed by atoms with van der Waals surface area (Å²) in [7, 11) is 2.17. The summed E-state index contributed by atoms with van der Waals surface area (Å²) in [5.74, 6) is 0.863. The number of carbonyl (C=O) groups excluding carboxylic acids is 1. The molecule has 1 aliphatic heterocycles. The van der Waals surface area contributed by atoms with E-state index in [1.54, 1.807) is 6.20 Å². The van der Waals surface area contributed by atoms with Crippen LogP contribution in [-0.2, 0) is 12.8 Å². The van der Waals surface area contributed by atoms with Gasteiger partial charge >= 0.3 is 0 Å². The van der Waals surface area contributed by atoms with E-state index in [2.05, 4.69) is 46.1 Å². The molecule has 2 heterocycles. The number of carbonyl (C=O) groups is 1. The van der Waals surface area contributed by atoms with Crippen LogP contribution >= 0.6 is 11.6 Å². The highest BCUT2D eigenvalue weighted by atomic mass is 35.5. The number of rotatable bonds is 7. The lowest BCUT2D eigenvalue weighted by molar-refractivity contribution is 0.0987. The number of benzene rings is 2. The number of aromatic nitrogens is 2. The number of hydrogen-bond acceptors (Lipinski definition) is 5. The van der Waals surface area contributed by atoms with Gasteiger partial charge in [-0.15, -0.1) is 0 Å². The van der Waals surface area contributed by atoms with Crippen LogP contribution in [0.25, 0.3) is 0 Å². The monoisotopic (exact) mass is 448 g/mol. The summed E-state index contributed by atoms with van der Waals surface area (Å²) in [5, 5.41) is 0.526.